The molecule has 1 fully saturated rings. The Morgan fingerprint density at radius 3 is 2.36 bits per heavy atom. The molecule has 0 unspecified atom stereocenters. The van der Waals surface area contributed by atoms with E-state index < -0.39 is 17.7 Å². The number of likely N-dealkylation sites (tertiary alicyclic amines) is 1. The molecule has 1 aromatic heterocycles. The molecule has 0 bridgehead atoms. The van der Waals surface area contributed by atoms with Gasteiger partial charge in [0.15, 0.2) is 0 Å². The number of likely N-dealkylation sites (N-methyl/N-ethyl adjacent to an activating group) is 1. The lowest BCUT2D eigenvalue weighted by atomic mass is 9.98. The van der Waals surface area contributed by atoms with Crippen molar-refractivity contribution in [2.45, 2.75) is 19.9 Å². The molecular formula is C22H26N3O3+. The van der Waals surface area contributed by atoms with Crippen LogP contribution in [0.3, 0.4) is 0 Å². The van der Waals surface area contributed by atoms with Gasteiger partial charge in [0, 0.05) is 11.8 Å². The van der Waals surface area contributed by atoms with Crippen LogP contribution in [0, 0.1) is 0 Å². The van der Waals surface area contributed by atoms with Crippen molar-refractivity contribution in [1.82, 2.24) is 9.88 Å². The minimum atomic E-state index is -0.684. The number of aromatic nitrogens is 1. The second-order valence-electron chi connectivity index (χ2n) is 6.82. The van der Waals surface area contributed by atoms with Gasteiger partial charge in [0.05, 0.1) is 37.4 Å². The lowest BCUT2D eigenvalue weighted by Gasteiger charge is -2.26. The first-order valence-electron chi connectivity index (χ1n) is 9.66. The van der Waals surface area contributed by atoms with Crippen molar-refractivity contribution in [3.05, 3.63) is 71.6 Å². The van der Waals surface area contributed by atoms with Gasteiger partial charge >= 0.3 is 0 Å². The Hall–Kier alpha value is -2.99. The lowest BCUT2D eigenvalue weighted by molar-refractivity contribution is -0.895. The first-order chi connectivity index (χ1) is 13.6. The highest BCUT2D eigenvalue weighted by molar-refractivity contribution is 6.46. The van der Waals surface area contributed by atoms with Gasteiger partial charge in [0.2, 0.25) is 0 Å². The molecule has 0 radical (unpaired) electrons. The first-order valence-corrected chi connectivity index (χ1v) is 9.66. The fourth-order valence-corrected chi connectivity index (χ4v) is 3.59. The number of nitrogens with zero attached hydrogens (tertiary/aromatic N) is 2. The molecule has 1 atom stereocenters. The Balaban J connectivity index is 2.06. The van der Waals surface area contributed by atoms with E-state index in [1.54, 1.807) is 47.5 Å². The summed E-state index contributed by atoms with van der Waals surface area (Å²) in [6.45, 7) is 7.23. The topological polar surface area (TPSA) is 74.9 Å². The van der Waals surface area contributed by atoms with Crippen molar-refractivity contribution < 1.29 is 19.6 Å². The van der Waals surface area contributed by atoms with Crippen LogP contribution in [-0.2, 0) is 9.59 Å². The van der Waals surface area contributed by atoms with Crippen LogP contribution in [0.2, 0.25) is 0 Å². The molecule has 146 valence electrons. The highest BCUT2D eigenvalue weighted by Crippen LogP contribution is 2.38. The summed E-state index contributed by atoms with van der Waals surface area (Å²) < 4.78 is 0. The third-order valence-corrected chi connectivity index (χ3v) is 5.26. The number of hydrogen-bond acceptors (Lipinski definition) is 4. The van der Waals surface area contributed by atoms with Crippen molar-refractivity contribution in [1.29, 1.82) is 0 Å². The van der Waals surface area contributed by atoms with Gasteiger partial charge in [-0.25, -0.2) is 0 Å². The Labute approximate surface area is 165 Å². The normalized spacial score (nSPS) is 18.8. The van der Waals surface area contributed by atoms with E-state index in [0.29, 0.717) is 17.8 Å². The molecule has 6 nitrogen and oxygen atoms in total. The van der Waals surface area contributed by atoms with Gasteiger partial charge in [-0.2, -0.15) is 0 Å². The van der Waals surface area contributed by atoms with Crippen LogP contribution in [0.5, 0.6) is 0 Å². The molecule has 1 aromatic carbocycles. The summed E-state index contributed by atoms with van der Waals surface area (Å²) in [5.74, 6) is -1.40. The maximum absolute atomic E-state index is 12.9. The summed E-state index contributed by atoms with van der Waals surface area (Å²) in [7, 11) is 0. The monoisotopic (exact) mass is 380 g/mol. The van der Waals surface area contributed by atoms with Crippen LogP contribution < -0.4 is 4.90 Å². The largest absolute Gasteiger partial charge is 0.507 e. The van der Waals surface area contributed by atoms with E-state index in [1.165, 1.54) is 4.90 Å². The number of rotatable bonds is 7. The Morgan fingerprint density at radius 1 is 1.07 bits per heavy atom. The van der Waals surface area contributed by atoms with E-state index in [4.69, 9.17) is 0 Å². The number of benzene rings is 1. The standard InChI is InChI=1S/C22H25N3O3/c1-3-24(4-2)14-15-25-19(17-12-8-9-13-23-17)18(21(27)22(25)28)20(26)16-10-6-5-7-11-16/h5-13,19,26H,3-4,14-15H2,1-2H3/p+1/t19-/m1/s1. The number of ketones is 1. The number of quaternary nitrogens is 1. The SMILES string of the molecule is CC[NH+](CC)CCN1C(=O)C(=O)C(=C(O)c2ccccc2)[C@H]1c1ccccn1. The van der Waals surface area contributed by atoms with Gasteiger partial charge < -0.3 is 14.9 Å². The maximum atomic E-state index is 12.9. The van der Waals surface area contributed by atoms with Crippen molar-refractivity contribution in [2.75, 3.05) is 26.2 Å². The number of pyridine rings is 1. The maximum Gasteiger partial charge on any atom is 0.295 e. The molecule has 6 heteroatoms. The summed E-state index contributed by atoms with van der Waals surface area (Å²) in [6.07, 6.45) is 1.63. The van der Waals surface area contributed by atoms with Crippen molar-refractivity contribution in [2.24, 2.45) is 0 Å². The van der Waals surface area contributed by atoms with Crippen molar-refractivity contribution >= 4 is 17.4 Å². The van der Waals surface area contributed by atoms with Crippen LogP contribution in [0.15, 0.2) is 60.3 Å². The smallest absolute Gasteiger partial charge is 0.295 e. The van der Waals surface area contributed by atoms with Gasteiger partial charge in [-0.1, -0.05) is 36.4 Å². The van der Waals surface area contributed by atoms with Gasteiger partial charge in [-0.3, -0.25) is 14.6 Å². The average molecular weight is 380 g/mol. The van der Waals surface area contributed by atoms with Gasteiger partial charge in [-0.05, 0) is 26.0 Å². The zero-order valence-corrected chi connectivity index (χ0v) is 16.3. The Morgan fingerprint density at radius 2 is 1.75 bits per heavy atom. The molecule has 1 saturated heterocycles. The van der Waals surface area contributed by atoms with E-state index >= 15 is 0 Å². The molecule has 1 aliphatic heterocycles. The number of Topliss-reactive ketones (excluding diaryl/α,β-unsaturated/α-hetero) is 1. The molecule has 2 N–H and O–H groups in total. The summed E-state index contributed by atoms with van der Waals surface area (Å²) in [5.41, 5.74) is 1.19. The zero-order valence-electron chi connectivity index (χ0n) is 16.3. The van der Waals surface area contributed by atoms with Gasteiger partial charge in [-0.15, -0.1) is 0 Å². The number of aliphatic hydroxyl groups is 1. The summed E-state index contributed by atoms with van der Waals surface area (Å²) in [6, 6.07) is 13.5. The van der Waals surface area contributed by atoms with Gasteiger partial charge in [0.25, 0.3) is 11.7 Å². The number of carbonyl (C=O) groups excluding carboxylic acids is 2. The van der Waals surface area contributed by atoms with Crippen molar-refractivity contribution in [3.63, 3.8) is 0 Å². The quantitative estimate of drug-likeness (QED) is 0.433. The molecule has 0 aliphatic carbocycles. The molecule has 2 heterocycles. The highest BCUT2D eigenvalue weighted by Gasteiger charge is 2.46. The third kappa shape index (κ3) is 3.82. The third-order valence-electron chi connectivity index (χ3n) is 5.26. The first kappa shape index (κ1) is 19.8. The Bertz CT molecular complexity index is 861. The predicted molar refractivity (Wildman–Crippen MR) is 107 cm³/mol. The number of nitrogens with one attached hydrogen (secondary N) is 1. The average Bonchev–Trinajstić information content (AvgIpc) is 3.00. The van der Waals surface area contributed by atoms with E-state index in [0.717, 1.165) is 19.6 Å². The minimum absolute atomic E-state index is 0.101. The molecule has 0 spiro atoms. The molecule has 1 amide bonds. The van der Waals surface area contributed by atoms with E-state index in [-0.39, 0.29) is 11.3 Å². The van der Waals surface area contributed by atoms with Crippen LogP contribution in [0.25, 0.3) is 5.76 Å². The van der Waals surface area contributed by atoms with Crippen molar-refractivity contribution in [3.8, 4) is 0 Å². The summed E-state index contributed by atoms with van der Waals surface area (Å²) in [5, 5.41) is 10.9. The van der Waals surface area contributed by atoms with Crippen LogP contribution in [0.1, 0.15) is 31.1 Å². The van der Waals surface area contributed by atoms with Crippen LogP contribution >= 0.6 is 0 Å². The molecule has 28 heavy (non-hydrogen) atoms. The molecule has 1 aliphatic rings. The zero-order chi connectivity index (χ0) is 20.1. The predicted octanol–water partition coefficient (Wildman–Crippen LogP) is 1.43. The molecule has 0 saturated carbocycles. The van der Waals surface area contributed by atoms with E-state index in [2.05, 4.69) is 18.8 Å². The number of hydrogen-bond donors (Lipinski definition) is 2. The van der Waals surface area contributed by atoms with E-state index in [1.807, 2.05) is 12.1 Å². The molecular weight excluding hydrogens is 354 g/mol. The Kier molecular flexibility index (Phi) is 6.21. The molecule has 3 rings (SSSR count). The lowest BCUT2D eigenvalue weighted by Crippen LogP contribution is -3.12. The second-order valence-corrected chi connectivity index (χ2v) is 6.82. The highest BCUT2D eigenvalue weighted by atomic mass is 16.3. The van der Waals surface area contributed by atoms with E-state index in [9.17, 15) is 14.7 Å². The summed E-state index contributed by atoms with van der Waals surface area (Å²) >= 11 is 0. The fourth-order valence-electron chi connectivity index (χ4n) is 3.59. The van der Waals surface area contributed by atoms with Crippen LogP contribution in [-0.4, -0.2) is 52.9 Å². The van der Waals surface area contributed by atoms with Crippen LogP contribution in [0.4, 0.5) is 0 Å². The fraction of sp³-hybridized carbons (Fsp3) is 0.318. The summed E-state index contributed by atoms with van der Waals surface area (Å²) in [4.78, 5) is 32.9. The number of carbonyl (C=O) groups is 2. The molecule has 2 aromatic rings. The minimum Gasteiger partial charge on any atom is -0.507 e. The van der Waals surface area contributed by atoms with Gasteiger partial charge in [0.1, 0.15) is 11.8 Å². The number of aliphatic hydroxyl groups excluding tert-OH is 1. The number of amides is 1. The second kappa shape index (κ2) is 8.80.